The van der Waals surface area contributed by atoms with Gasteiger partial charge >= 0.3 is 0 Å². The van der Waals surface area contributed by atoms with E-state index < -0.39 is 0 Å². The number of ether oxygens (including phenoxy) is 1. The number of carbonyl (C=O) groups excluding carboxylic acids is 3. The fourth-order valence-electron chi connectivity index (χ4n) is 5.46. The summed E-state index contributed by atoms with van der Waals surface area (Å²) in [7, 11) is 0. The van der Waals surface area contributed by atoms with Gasteiger partial charge in [0, 0.05) is 46.1 Å². The van der Waals surface area contributed by atoms with Crippen molar-refractivity contribution in [1.29, 1.82) is 0 Å². The molecule has 0 bridgehead atoms. The third-order valence-corrected chi connectivity index (χ3v) is 7.59. The molecule has 2 aliphatic heterocycles. The third-order valence-electron chi connectivity index (χ3n) is 7.59. The van der Waals surface area contributed by atoms with E-state index in [-0.39, 0.29) is 36.1 Å². The number of hydrogen-bond donors (Lipinski definition) is 0. The van der Waals surface area contributed by atoms with Gasteiger partial charge in [0.15, 0.2) is 5.76 Å². The Hall–Kier alpha value is -4.07. The van der Waals surface area contributed by atoms with Crippen LogP contribution in [0.25, 0.3) is 0 Å². The van der Waals surface area contributed by atoms with Crippen LogP contribution >= 0.6 is 0 Å². The lowest BCUT2D eigenvalue weighted by molar-refractivity contribution is -0.133. The summed E-state index contributed by atoms with van der Waals surface area (Å²) in [5.41, 5.74) is 4.53. The lowest BCUT2D eigenvalue weighted by Gasteiger charge is -2.38. The second-order valence-corrected chi connectivity index (χ2v) is 10.2. The van der Waals surface area contributed by atoms with E-state index in [4.69, 9.17) is 9.15 Å². The van der Waals surface area contributed by atoms with E-state index in [9.17, 15) is 14.4 Å². The summed E-state index contributed by atoms with van der Waals surface area (Å²) in [4.78, 5) is 42.8. The number of nitrogens with zero attached hydrogens (tertiary/aromatic N) is 3. The fraction of sp³-hybridized carbons (Fsp3) is 0.387. The average molecular weight is 530 g/mol. The van der Waals surface area contributed by atoms with Crippen molar-refractivity contribution < 1.29 is 23.5 Å². The normalized spacial score (nSPS) is 17.1. The van der Waals surface area contributed by atoms with E-state index in [1.807, 2.05) is 30.0 Å². The summed E-state index contributed by atoms with van der Waals surface area (Å²) in [5, 5.41) is 0. The van der Waals surface area contributed by atoms with Crippen molar-refractivity contribution >= 4 is 17.7 Å². The second-order valence-electron chi connectivity index (χ2n) is 10.2. The second kappa shape index (κ2) is 11.4. The van der Waals surface area contributed by atoms with Gasteiger partial charge in [-0.25, -0.2) is 0 Å². The van der Waals surface area contributed by atoms with Gasteiger partial charge in [0.25, 0.3) is 5.91 Å². The van der Waals surface area contributed by atoms with Crippen LogP contribution in [0.5, 0.6) is 5.75 Å². The number of amides is 3. The quantitative estimate of drug-likeness (QED) is 0.474. The van der Waals surface area contributed by atoms with E-state index in [1.54, 1.807) is 28.9 Å². The molecule has 8 heteroatoms. The van der Waals surface area contributed by atoms with Gasteiger partial charge < -0.3 is 23.9 Å². The minimum absolute atomic E-state index is 0.0246. The molecule has 1 fully saturated rings. The third kappa shape index (κ3) is 5.70. The predicted octanol–water partition coefficient (Wildman–Crippen LogP) is 4.36. The van der Waals surface area contributed by atoms with Gasteiger partial charge in [-0.2, -0.15) is 0 Å². The molecule has 3 aromatic rings. The molecule has 1 atom stereocenters. The Morgan fingerprint density at radius 1 is 0.949 bits per heavy atom. The highest BCUT2D eigenvalue weighted by Crippen LogP contribution is 2.38. The van der Waals surface area contributed by atoms with E-state index in [0.717, 1.165) is 23.1 Å². The summed E-state index contributed by atoms with van der Waals surface area (Å²) in [6.07, 6.45) is 1.26. The highest BCUT2D eigenvalue weighted by atomic mass is 16.5. The van der Waals surface area contributed by atoms with Crippen LogP contribution in [0.2, 0.25) is 0 Å². The van der Waals surface area contributed by atoms with Crippen molar-refractivity contribution in [2.45, 2.75) is 46.3 Å². The average Bonchev–Trinajstić information content (AvgIpc) is 3.43. The van der Waals surface area contributed by atoms with Gasteiger partial charge in [-0.3, -0.25) is 14.4 Å². The number of aryl methyl sites for hydroxylation is 1. The molecule has 8 nitrogen and oxygen atoms in total. The molecule has 0 N–H and O–H groups in total. The molecule has 1 saturated heterocycles. The number of hydrogen-bond acceptors (Lipinski definition) is 5. The zero-order chi connectivity index (χ0) is 27.5. The van der Waals surface area contributed by atoms with Crippen molar-refractivity contribution in [3.63, 3.8) is 0 Å². The summed E-state index contributed by atoms with van der Waals surface area (Å²) < 4.78 is 11.9. The summed E-state index contributed by atoms with van der Waals surface area (Å²) in [6, 6.07) is 17.7. The Morgan fingerprint density at radius 2 is 1.72 bits per heavy atom. The molecule has 0 unspecified atom stereocenters. The highest BCUT2D eigenvalue weighted by Gasteiger charge is 2.32. The Kier molecular flexibility index (Phi) is 7.72. The van der Waals surface area contributed by atoms with Crippen molar-refractivity contribution in [3.8, 4) is 5.75 Å². The Morgan fingerprint density at radius 3 is 2.44 bits per heavy atom. The highest BCUT2D eigenvalue weighted by molar-refractivity contribution is 5.91. The lowest BCUT2D eigenvalue weighted by Crippen LogP contribution is -2.50. The molecule has 3 amide bonds. The maximum atomic E-state index is 12.9. The van der Waals surface area contributed by atoms with Crippen molar-refractivity contribution in [2.75, 3.05) is 32.7 Å². The number of furan rings is 1. The topological polar surface area (TPSA) is 83.3 Å². The van der Waals surface area contributed by atoms with Crippen LogP contribution in [0.1, 0.15) is 64.9 Å². The largest absolute Gasteiger partial charge is 0.486 e. The molecule has 39 heavy (non-hydrogen) atoms. The van der Waals surface area contributed by atoms with Gasteiger partial charge in [-0.1, -0.05) is 42.8 Å². The van der Waals surface area contributed by atoms with Crippen molar-refractivity contribution in [3.05, 3.63) is 88.4 Å². The molecule has 0 radical (unpaired) electrons. The Balaban J connectivity index is 1.30. The predicted molar refractivity (Wildman–Crippen MR) is 146 cm³/mol. The zero-order valence-corrected chi connectivity index (χ0v) is 22.8. The molecular formula is C31H35N3O5. The van der Waals surface area contributed by atoms with Gasteiger partial charge in [0.2, 0.25) is 11.8 Å². The minimum atomic E-state index is -0.181. The van der Waals surface area contributed by atoms with Gasteiger partial charge in [0.1, 0.15) is 18.1 Å². The van der Waals surface area contributed by atoms with E-state index in [1.165, 1.54) is 5.56 Å². The molecule has 5 rings (SSSR count). The van der Waals surface area contributed by atoms with E-state index in [2.05, 4.69) is 31.2 Å². The SMILES string of the molecule is CCC(=O)N1CCc2ccc(OCc3ccc(C(=O)N4CCN(C(C)=O)CC4)o3)cc2[C@H]1c1cccc(C)c1. The molecule has 3 heterocycles. The molecule has 0 spiro atoms. The van der Waals surface area contributed by atoms with Gasteiger partial charge in [0.05, 0.1) is 6.04 Å². The number of rotatable bonds is 6. The molecule has 2 aliphatic rings. The molecule has 0 saturated carbocycles. The van der Waals surface area contributed by atoms with Crippen molar-refractivity contribution in [2.24, 2.45) is 0 Å². The molecular weight excluding hydrogens is 494 g/mol. The standard InChI is InChI=1S/C31H35N3O5/c1-4-29(36)34-13-12-23-8-9-25(19-27(23)30(34)24-7-5-6-21(2)18-24)38-20-26-10-11-28(39-26)31(37)33-16-14-32(15-17-33)22(3)35/h5-11,18-19,30H,4,12-17,20H2,1-3H3/t30-/m1/s1. The van der Waals surface area contributed by atoms with E-state index >= 15 is 0 Å². The van der Waals surface area contributed by atoms with Crippen LogP contribution < -0.4 is 4.74 Å². The molecule has 1 aromatic heterocycles. The Bertz CT molecular complexity index is 1370. The number of benzene rings is 2. The first kappa shape index (κ1) is 26.5. The zero-order valence-electron chi connectivity index (χ0n) is 22.8. The first-order valence-corrected chi connectivity index (χ1v) is 13.6. The van der Waals surface area contributed by atoms with E-state index in [0.29, 0.717) is 50.7 Å². The monoisotopic (exact) mass is 529 g/mol. The maximum Gasteiger partial charge on any atom is 0.289 e. The lowest BCUT2D eigenvalue weighted by atomic mass is 9.87. The maximum absolute atomic E-state index is 12.9. The Labute approximate surface area is 229 Å². The van der Waals surface area contributed by atoms with Crippen LogP contribution in [0.4, 0.5) is 0 Å². The van der Waals surface area contributed by atoms with Crippen LogP contribution in [0.15, 0.2) is 59.0 Å². The number of fused-ring (bicyclic) bond motifs is 1. The molecule has 2 aromatic carbocycles. The van der Waals surface area contributed by atoms with Crippen LogP contribution in [0.3, 0.4) is 0 Å². The van der Waals surface area contributed by atoms with Crippen LogP contribution in [-0.4, -0.2) is 65.1 Å². The molecule has 0 aliphatic carbocycles. The summed E-state index contributed by atoms with van der Waals surface area (Å²) >= 11 is 0. The fourth-order valence-corrected chi connectivity index (χ4v) is 5.46. The van der Waals surface area contributed by atoms with Crippen LogP contribution in [-0.2, 0) is 22.6 Å². The number of piperazine rings is 1. The first-order valence-electron chi connectivity index (χ1n) is 13.6. The van der Waals surface area contributed by atoms with Crippen molar-refractivity contribution in [1.82, 2.24) is 14.7 Å². The smallest absolute Gasteiger partial charge is 0.289 e. The van der Waals surface area contributed by atoms with Gasteiger partial charge in [-0.15, -0.1) is 0 Å². The minimum Gasteiger partial charge on any atom is -0.486 e. The summed E-state index contributed by atoms with van der Waals surface area (Å²) in [6.45, 7) is 8.40. The number of carbonyl (C=O) groups is 3. The van der Waals surface area contributed by atoms with Gasteiger partial charge in [-0.05, 0) is 54.3 Å². The first-order chi connectivity index (χ1) is 18.8. The van der Waals surface area contributed by atoms with Crippen LogP contribution in [0, 0.1) is 6.92 Å². The molecule has 204 valence electrons. The summed E-state index contributed by atoms with van der Waals surface area (Å²) in [5.74, 6) is 1.48.